The third kappa shape index (κ3) is 8.26. The van der Waals surface area contributed by atoms with E-state index in [-0.39, 0.29) is 5.97 Å². The monoisotopic (exact) mass is 460 g/mol. The van der Waals surface area contributed by atoms with Crippen LogP contribution < -0.4 is 10.6 Å². The van der Waals surface area contributed by atoms with Crippen molar-refractivity contribution in [3.63, 3.8) is 0 Å². The minimum absolute atomic E-state index is 0.320. The van der Waals surface area contributed by atoms with Gasteiger partial charge in [0.15, 0.2) is 5.11 Å². The number of hydrogen-bond donors (Lipinski definition) is 2. The Bertz CT molecular complexity index is 818. The summed E-state index contributed by atoms with van der Waals surface area (Å²) in [5.74, 6) is -0.320. The molecule has 1 aromatic carbocycles. The highest BCUT2D eigenvalue weighted by atomic mass is 32.1. The molecule has 0 aliphatic carbocycles. The number of carbonyl (C=O) groups excluding carboxylic acids is 1. The first-order valence-corrected chi connectivity index (χ1v) is 12.7. The largest absolute Gasteiger partial charge is 0.462 e. The van der Waals surface area contributed by atoms with Crippen LogP contribution in [0.15, 0.2) is 30.3 Å². The highest BCUT2D eigenvalue weighted by Crippen LogP contribution is 2.40. The van der Waals surface area contributed by atoms with Gasteiger partial charge in [-0.15, -0.1) is 11.3 Å². The summed E-state index contributed by atoms with van der Waals surface area (Å²) in [5, 5.41) is 7.82. The average molecular weight is 461 g/mol. The molecule has 0 amide bonds. The van der Waals surface area contributed by atoms with Gasteiger partial charge < -0.3 is 15.4 Å². The standard InChI is InChI=1S/C25H36N2O2S2/c1-4-6-7-8-9-10-11-15-18-26-25(30)27-23-22(24(28)29-5-2)21(19(3)31-23)20-16-13-12-14-17-20/h12-14,16-17H,4-11,15,18H2,1-3H3,(H2,26,27,30). The number of rotatable bonds is 13. The van der Waals surface area contributed by atoms with Crippen LogP contribution in [0.4, 0.5) is 5.00 Å². The summed E-state index contributed by atoms with van der Waals surface area (Å²) in [4.78, 5) is 13.8. The van der Waals surface area contributed by atoms with Gasteiger partial charge in [0.05, 0.1) is 6.61 Å². The van der Waals surface area contributed by atoms with Gasteiger partial charge >= 0.3 is 5.97 Å². The van der Waals surface area contributed by atoms with E-state index in [0.29, 0.717) is 17.3 Å². The van der Waals surface area contributed by atoms with E-state index in [0.717, 1.165) is 34.0 Å². The number of unbranched alkanes of at least 4 members (excludes halogenated alkanes) is 7. The molecular weight excluding hydrogens is 424 g/mol. The summed E-state index contributed by atoms with van der Waals surface area (Å²) in [5.41, 5.74) is 2.48. The lowest BCUT2D eigenvalue weighted by atomic mass is 10.0. The third-order valence-electron chi connectivity index (χ3n) is 5.17. The molecule has 0 unspecified atom stereocenters. The van der Waals surface area contributed by atoms with Crippen LogP contribution in [0.2, 0.25) is 0 Å². The van der Waals surface area contributed by atoms with Crippen molar-refractivity contribution in [2.24, 2.45) is 0 Å². The number of ether oxygens (including phenoxy) is 1. The van der Waals surface area contributed by atoms with Gasteiger partial charge in [-0.3, -0.25) is 0 Å². The van der Waals surface area contributed by atoms with E-state index >= 15 is 0 Å². The molecule has 0 fully saturated rings. The summed E-state index contributed by atoms with van der Waals surface area (Å²) in [6, 6.07) is 9.95. The molecule has 2 aromatic rings. The number of thiocarbonyl (C=S) groups is 1. The Morgan fingerprint density at radius 3 is 2.29 bits per heavy atom. The Kier molecular flexibility index (Phi) is 11.6. The molecule has 0 radical (unpaired) electrons. The number of hydrogen-bond acceptors (Lipinski definition) is 4. The summed E-state index contributed by atoms with van der Waals surface area (Å²) in [6.07, 6.45) is 10.3. The molecule has 0 aliphatic rings. The number of thiophene rings is 1. The SMILES string of the molecule is CCCCCCCCCCNC(=S)Nc1sc(C)c(-c2ccccc2)c1C(=O)OCC. The summed E-state index contributed by atoms with van der Waals surface area (Å²) >= 11 is 7.03. The number of benzene rings is 1. The maximum Gasteiger partial charge on any atom is 0.341 e. The minimum atomic E-state index is -0.320. The minimum Gasteiger partial charge on any atom is -0.462 e. The van der Waals surface area contributed by atoms with Crippen LogP contribution in [0.5, 0.6) is 0 Å². The second-order valence-electron chi connectivity index (χ2n) is 7.68. The second-order valence-corrected chi connectivity index (χ2v) is 9.31. The van der Waals surface area contributed by atoms with Crippen LogP contribution in [-0.4, -0.2) is 24.2 Å². The first-order valence-electron chi connectivity index (χ1n) is 11.5. The Morgan fingerprint density at radius 1 is 1.00 bits per heavy atom. The average Bonchev–Trinajstić information content (AvgIpc) is 3.08. The first-order chi connectivity index (χ1) is 15.1. The Hall–Kier alpha value is -1.92. The zero-order valence-corrected chi connectivity index (χ0v) is 20.7. The van der Waals surface area contributed by atoms with E-state index in [1.807, 2.05) is 44.2 Å². The Balaban J connectivity index is 1.93. The lowest BCUT2D eigenvalue weighted by molar-refractivity contribution is 0.0529. The number of nitrogens with one attached hydrogen (secondary N) is 2. The van der Waals surface area contributed by atoms with Crippen molar-refractivity contribution >= 4 is 39.6 Å². The van der Waals surface area contributed by atoms with Gasteiger partial charge in [0.2, 0.25) is 0 Å². The predicted octanol–water partition coefficient (Wildman–Crippen LogP) is 7.33. The van der Waals surface area contributed by atoms with Crippen molar-refractivity contribution in [2.75, 3.05) is 18.5 Å². The number of esters is 1. The molecule has 1 heterocycles. The fourth-order valence-corrected chi connectivity index (χ4v) is 4.93. The van der Waals surface area contributed by atoms with Gasteiger partial charge in [-0.2, -0.15) is 0 Å². The summed E-state index contributed by atoms with van der Waals surface area (Å²) in [6.45, 7) is 7.27. The molecule has 0 aliphatic heterocycles. The molecule has 0 saturated heterocycles. The Morgan fingerprint density at radius 2 is 1.65 bits per heavy atom. The molecule has 170 valence electrons. The maximum absolute atomic E-state index is 12.8. The highest BCUT2D eigenvalue weighted by molar-refractivity contribution is 7.80. The summed E-state index contributed by atoms with van der Waals surface area (Å²) < 4.78 is 5.35. The number of carbonyl (C=O) groups is 1. The second kappa shape index (κ2) is 14.2. The molecule has 0 bridgehead atoms. The van der Waals surface area contributed by atoms with Crippen molar-refractivity contribution < 1.29 is 9.53 Å². The van der Waals surface area contributed by atoms with Crippen LogP contribution >= 0.6 is 23.6 Å². The van der Waals surface area contributed by atoms with Gasteiger partial charge in [-0.25, -0.2) is 4.79 Å². The fraction of sp³-hybridized carbons (Fsp3) is 0.520. The van der Waals surface area contributed by atoms with Gasteiger partial charge in [-0.05, 0) is 38.0 Å². The lowest BCUT2D eigenvalue weighted by Gasteiger charge is -2.12. The van der Waals surface area contributed by atoms with E-state index in [2.05, 4.69) is 17.6 Å². The normalized spacial score (nSPS) is 10.7. The molecule has 0 saturated carbocycles. The quantitative estimate of drug-likeness (QED) is 0.186. The molecule has 2 rings (SSSR count). The van der Waals surface area contributed by atoms with E-state index in [4.69, 9.17) is 17.0 Å². The summed E-state index contributed by atoms with van der Waals surface area (Å²) in [7, 11) is 0. The molecule has 0 spiro atoms. The molecule has 4 nitrogen and oxygen atoms in total. The molecule has 0 atom stereocenters. The van der Waals surface area contributed by atoms with Crippen molar-refractivity contribution in [3.8, 4) is 11.1 Å². The molecule has 31 heavy (non-hydrogen) atoms. The van der Waals surface area contributed by atoms with Crippen LogP contribution in [-0.2, 0) is 4.74 Å². The molecular formula is C25H36N2O2S2. The topological polar surface area (TPSA) is 50.4 Å². The lowest BCUT2D eigenvalue weighted by Crippen LogP contribution is -2.29. The van der Waals surface area contributed by atoms with Gasteiger partial charge in [-0.1, -0.05) is 82.2 Å². The van der Waals surface area contributed by atoms with Gasteiger partial charge in [0.25, 0.3) is 0 Å². The number of anilines is 1. The van der Waals surface area contributed by atoms with Crippen LogP contribution in [0.3, 0.4) is 0 Å². The zero-order valence-electron chi connectivity index (χ0n) is 19.1. The van der Waals surface area contributed by atoms with Gasteiger partial charge in [0, 0.05) is 17.0 Å². The maximum atomic E-state index is 12.8. The van der Waals surface area contributed by atoms with Crippen molar-refractivity contribution in [3.05, 3.63) is 40.8 Å². The predicted molar refractivity (Wildman–Crippen MR) is 137 cm³/mol. The van der Waals surface area contributed by atoms with Crippen molar-refractivity contribution in [1.82, 2.24) is 5.32 Å². The Labute approximate surface area is 196 Å². The molecule has 2 N–H and O–H groups in total. The van der Waals surface area contributed by atoms with Crippen LogP contribution in [0.25, 0.3) is 11.1 Å². The van der Waals surface area contributed by atoms with E-state index in [1.165, 1.54) is 56.3 Å². The third-order valence-corrected chi connectivity index (χ3v) is 6.44. The van der Waals surface area contributed by atoms with Crippen LogP contribution in [0.1, 0.15) is 80.4 Å². The smallest absolute Gasteiger partial charge is 0.341 e. The van der Waals surface area contributed by atoms with E-state index in [9.17, 15) is 4.79 Å². The molecule has 6 heteroatoms. The van der Waals surface area contributed by atoms with Crippen molar-refractivity contribution in [2.45, 2.75) is 72.1 Å². The number of aryl methyl sites for hydroxylation is 1. The van der Waals surface area contributed by atoms with E-state index < -0.39 is 0 Å². The van der Waals surface area contributed by atoms with Crippen LogP contribution in [0, 0.1) is 6.92 Å². The van der Waals surface area contributed by atoms with Gasteiger partial charge in [0.1, 0.15) is 10.6 Å². The fourth-order valence-electron chi connectivity index (χ4n) is 3.59. The van der Waals surface area contributed by atoms with Crippen molar-refractivity contribution in [1.29, 1.82) is 0 Å². The van der Waals surface area contributed by atoms with E-state index in [1.54, 1.807) is 0 Å². The first kappa shape index (κ1) is 25.3. The molecule has 1 aromatic heterocycles. The zero-order chi connectivity index (χ0) is 22.5. The highest BCUT2D eigenvalue weighted by Gasteiger charge is 2.24.